The second kappa shape index (κ2) is 2.36. The minimum atomic E-state index is 0.623. The quantitative estimate of drug-likeness (QED) is 0.463. The molecule has 2 unspecified atom stereocenters. The van der Waals surface area contributed by atoms with E-state index in [2.05, 4.69) is 19.9 Å². The minimum Gasteiger partial charge on any atom is -0.0848 e. The molecule has 0 saturated heterocycles. The van der Waals surface area contributed by atoms with Crippen LogP contribution < -0.4 is 0 Å². The van der Waals surface area contributed by atoms with Crippen LogP contribution in [0.3, 0.4) is 0 Å². The molecule has 62 valence electrons. The zero-order valence-corrected chi connectivity index (χ0v) is 7.69. The molecule has 1 saturated carbocycles. The van der Waals surface area contributed by atoms with Crippen LogP contribution in [0, 0.1) is 11.3 Å². The molecule has 0 bridgehead atoms. The Morgan fingerprint density at radius 2 is 2.36 bits per heavy atom. The zero-order chi connectivity index (χ0) is 7.90. The van der Waals surface area contributed by atoms with Crippen LogP contribution in [-0.2, 0) is 0 Å². The third-order valence-electron chi connectivity index (χ3n) is 3.47. The van der Waals surface area contributed by atoms with Crippen LogP contribution in [0.15, 0.2) is 11.6 Å². The number of fused-ring (bicyclic) bond motifs is 1. The molecular weight excluding hydrogens is 132 g/mol. The van der Waals surface area contributed by atoms with E-state index in [1.54, 1.807) is 5.57 Å². The highest BCUT2D eigenvalue weighted by molar-refractivity contribution is 5.21. The fourth-order valence-corrected chi connectivity index (χ4v) is 2.96. The minimum absolute atomic E-state index is 0.623. The van der Waals surface area contributed by atoms with Crippen molar-refractivity contribution in [1.29, 1.82) is 0 Å². The molecule has 0 radical (unpaired) electrons. The van der Waals surface area contributed by atoms with Crippen molar-refractivity contribution in [1.82, 2.24) is 0 Å². The number of hydrogen-bond donors (Lipinski definition) is 0. The highest BCUT2D eigenvalue weighted by Crippen LogP contribution is 2.51. The Morgan fingerprint density at radius 1 is 1.55 bits per heavy atom. The number of hydrogen-bond acceptors (Lipinski definition) is 0. The Balaban J connectivity index is 2.26. The van der Waals surface area contributed by atoms with Gasteiger partial charge in [0.05, 0.1) is 0 Å². The van der Waals surface area contributed by atoms with Crippen molar-refractivity contribution >= 4 is 0 Å². The summed E-state index contributed by atoms with van der Waals surface area (Å²) >= 11 is 0. The van der Waals surface area contributed by atoms with E-state index in [1.807, 2.05) is 0 Å². The summed E-state index contributed by atoms with van der Waals surface area (Å²) in [5.74, 6) is 0.948. The van der Waals surface area contributed by atoms with Gasteiger partial charge in [-0.1, -0.05) is 25.5 Å². The van der Waals surface area contributed by atoms with E-state index < -0.39 is 0 Å². The topological polar surface area (TPSA) is 0 Å². The molecule has 0 heteroatoms. The first kappa shape index (κ1) is 7.39. The summed E-state index contributed by atoms with van der Waals surface area (Å²) in [4.78, 5) is 0. The molecule has 1 fully saturated rings. The molecule has 0 aromatic heterocycles. The average Bonchev–Trinajstić information content (AvgIpc) is 2.22. The Bertz CT molecular complexity index is 190. The lowest BCUT2D eigenvalue weighted by Gasteiger charge is -2.29. The maximum Gasteiger partial charge on any atom is -0.0114 e. The lowest BCUT2D eigenvalue weighted by molar-refractivity contribution is 0.329. The third-order valence-corrected chi connectivity index (χ3v) is 3.47. The van der Waals surface area contributed by atoms with Crippen LogP contribution in [-0.4, -0.2) is 0 Å². The number of allylic oxidation sites excluding steroid dienone is 2. The standard InChI is InChI=1S/C11H18/c1-9-7-10-5-3-4-6-11(10,2)8-9/h5,9H,3-4,6-8H2,1-2H3. The summed E-state index contributed by atoms with van der Waals surface area (Å²) in [6, 6.07) is 0. The zero-order valence-electron chi connectivity index (χ0n) is 7.69. The molecule has 0 spiro atoms. The fraction of sp³-hybridized carbons (Fsp3) is 0.818. The van der Waals surface area contributed by atoms with Gasteiger partial charge in [0.2, 0.25) is 0 Å². The van der Waals surface area contributed by atoms with E-state index in [4.69, 9.17) is 0 Å². The normalized spacial score (nSPS) is 43.5. The van der Waals surface area contributed by atoms with Crippen LogP contribution >= 0.6 is 0 Å². The van der Waals surface area contributed by atoms with E-state index in [1.165, 1.54) is 32.1 Å². The molecular formula is C11H18. The van der Waals surface area contributed by atoms with Gasteiger partial charge in [0.15, 0.2) is 0 Å². The lowest BCUT2D eigenvalue weighted by atomic mass is 9.76. The predicted molar refractivity (Wildman–Crippen MR) is 48.4 cm³/mol. The highest BCUT2D eigenvalue weighted by atomic mass is 14.4. The summed E-state index contributed by atoms with van der Waals surface area (Å²) < 4.78 is 0. The van der Waals surface area contributed by atoms with E-state index in [-0.39, 0.29) is 0 Å². The summed E-state index contributed by atoms with van der Waals surface area (Å²) in [7, 11) is 0. The Kier molecular flexibility index (Phi) is 1.59. The third kappa shape index (κ3) is 1.13. The molecule has 0 heterocycles. The second-order valence-electron chi connectivity index (χ2n) is 4.70. The van der Waals surface area contributed by atoms with Gasteiger partial charge < -0.3 is 0 Å². The van der Waals surface area contributed by atoms with Crippen molar-refractivity contribution in [2.45, 2.75) is 46.0 Å². The molecule has 0 aliphatic heterocycles. The van der Waals surface area contributed by atoms with E-state index in [0.717, 1.165) is 5.92 Å². The van der Waals surface area contributed by atoms with Gasteiger partial charge in [-0.2, -0.15) is 0 Å². The van der Waals surface area contributed by atoms with Crippen molar-refractivity contribution in [3.05, 3.63) is 11.6 Å². The summed E-state index contributed by atoms with van der Waals surface area (Å²) in [6.45, 7) is 4.85. The first-order valence-electron chi connectivity index (χ1n) is 4.90. The Labute approximate surface area is 69.7 Å². The van der Waals surface area contributed by atoms with Crippen LogP contribution in [0.5, 0.6) is 0 Å². The van der Waals surface area contributed by atoms with E-state index in [0.29, 0.717) is 5.41 Å². The first-order valence-corrected chi connectivity index (χ1v) is 4.90. The molecule has 0 aromatic carbocycles. The van der Waals surface area contributed by atoms with Gasteiger partial charge in [-0.3, -0.25) is 0 Å². The molecule has 2 atom stereocenters. The highest BCUT2D eigenvalue weighted by Gasteiger charge is 2.37. The van der Waals surface area contributed by atoms with Crippen molar-refractivity contribution in [2.24, 2.45) is 11.3 Å². The predicted octanol–water partition coefficient (Wildman–Crippen LogP) is 3.53. The van der Waals surface area contributed by atoms with Crippen molar-refractivity contribution in [3.63, 3.8) is 0 Å². The van der Waals surface area contributed by atoms with Gasteiger partial charge in [0.1, 0.15) is 0 Å². The molecule has 2 aliphatic rings. The van der Waals surface area contributed by atoms with Gasteiger partial charge in [-0.25, -0.2) is 0 Å². The van der Waals surface area contributed by atoms with Crippen molar-refractivity contribution in [2.75, 3.05) is 0 Å². The van der Waals surface area contributed by atoms with Gasteiger partial charge in [-0.05, 0) is 43.4 Å². The van der Waals surface area contributed by atoms with Crippen molar-refractivity contribution in [3.8, 4) is 0 Å². The molecule has 0 aromatic rings. The maximum atomic E-state index is 2.51. The van der Waals surface area contributed by atoms with Gasteiger partial charge >= 0.3 is 0 Å². The summed E-state index contributed by atoms with van der Waals surface area (Å²) in [5, 5.41) is 0. The lowest BCUT2D eigenvalue weighted by Crippen LogP contribution is -2.16. The van der Waals surface area contributed by atoms with Crippen molar-refractivity contribution < 1.29 is 0 Å². The monoisotopic (exact) mass is 150 g/mol. The van der Waals surface area contributed by atoms with Crippen LogP contribution in [0.4, 0.5) is 0 Å². The molecule has 11 heavy (non-hydrogen) atoms. The van der Waals surface area contributed by atoms with Gasteiger partial charge in [0, 0.05) is 0 Å². The number of rotatable bonds is 0. The summed E-state index contributed by atoms with van der Waals surface area (Å²) in [6.07, 6.45) is 9.55. The molecule has 2 rings (SSSR count). The summed E-state index contributed by atoms with van der Waals surface area (Å²) in [5.41, 5.74) is 2.40. The Morgan fingerprint density at radius 3 is 3.09 bits per heavy atom. The molecule has 0 N–H and O–H groups in total. The van der Waals surface area contributed by atoms with Crippen LogP contribution in [0.1, 0.15) is 46.0 Å². The second-order valence-corrected chi connectivity index (χ2v) is 4.70. The first-order chi connectivity index (χ1) is 5.21. The average molecular weight is 150 g/mol. The molecule has 0 amide bonds. The fourth-order valence-electron chi connectivity index (χ4n) is 2.96. The molecule has 0 nitrogen and oxygen atoms in total. The SMILES string of the molecule is CC1CC2=CCCCC2(C)C1. The largest absolute Gasteiger partial charge is 0.0848 e. The van der Waals surface area contributed by atoms with Gasteiger partial charge in [-0.15, -0.1) is 0 Å². The van der Waals surface area contributed by atoms with E-state index >= 15 is 0 Å². The van der Waals surface area contributed by atoms with E-state index in [9.17, 15) is 0 Å². The maximum absolute atomic E-state index is 2.51. The van der Waals surface area contributed by atoms with Gasteiger partial charge in [0.25, 0.3) is 0 Å². The van der Waals surface area contributed by atoms with Crippen LogP contribution in [0.25, 0.3) is 0 Å². The van der Waals surface area contributed by atoms with Crippen LogP contribution in [0.2, 0.25) is 0 Å². The Hall–Kier alpha value is -0.260. The molecule has 2 aliphatic carbocycles. The smallest absolute Gasteiger partial charge is 0.0114 e.